The molecule has 1 atom stereocenters. The van der Waals surface area contributed by atoms with Gasteiger partial charge >= 0.3 is 0 Å². The molecule has 1 aromatic carbocycles. The normalized spacial score (nSPS) is 18.1. The highest BCUT2D eigenvalue weighted by Gasteiger charge is 2.24. The molecule has 0 bridgehead atoms. The highest BCUT2D eigenvalue weighted by Crippen LogP contribution is 2.36. The number of hydrogen-bond acceptors (Lipinski definition) is 3. The van der Waals surface area contributed by atoms with Crippen molar-refractivity contribution in [2.24, 2.45) is 0 Å². The highest BCUT2D eigenvalue weighted by atomic mass is 16.5. The average molecular weight is 257 g/mol. The monoisotopic (exact) mass is 257 g/mol. The predicted molar refractivity (Wildman–Crippen MR) is 75.4 cm³/mol. The Morgan fingerprint density at radius 2 is 2.26 bits per heavy atom. The first-order valence-corrected chi connectivity index (χ1v) is 6.67. The molecule has 0 aliphatic heterocycles. The summed E-state index contributed by atoms with van der Waals surface area (Å²) in [5.74, 6) is 1.66. The fourth-order valence-corrected chi connectivity index (χ4v) is 2.84. The van der Waals surface area contributed by atoms with Gasteiger partial charge in [-0.25, -0.2) is 4.68 Å². The Morgan fingerprint density at radius 1 is 1.42 bits per heavy atom. The van der Waals surface area contributed by atoms with Crippen molar-refractivity contribution in [2.75, 3.05) is 12.8 Å². The van der Waals surface area contributed by atoms with E-state index < -0.39 is 0 Å². The van der Waals surface area contributed by atoms with Gasteiger partial charge in [-0.1, -0.05) is 6.07 Å². The van der Waals surface area contributed by atoms with Crippen molar-refractivity contribution in [3.8, 4) is 5.75 Å². The molecular weight excluding hydrogens is 238 g/mol. The zero-order chi connectivity index (χ0) is 13.4. The van der Waals surface area contributed by atoms with Crippen LogP contribution in [0.25, 0.3) is 0 Å². The predicted octanol–water partition coefficient (Wildman–Crippen LogP) is 2.71. The summed E-state index contributed by atoms with van der Waals surface area (Å²) in [6.45, 7) is 1.99. The lowest BCUT2D eigenvalue weighted by Crippen LogP contribution is -2.20. The fourth-order valence-electron chi connectivity index (χ4n) is 2.84. The van der Waals surface area contributed by atoms with Crippen molar-refractivity contribution in [2.45, 2.75) is 32.2 Å². The number of benzene rings is 1. The lowest BCUT2D eigenvalue weighted by atomic mass is 9.87. The molecule has 4 nitrogen and oxygen atoms in total. The van der Waals surface area contributed by atoms with Crippen molar-refractivity contribution in [1.29, 1.82) is 0 Å². The zero-order valence-electron chi connectivity index (χ0n) is 11.4. The molecule has 2 aromatic rings. The molecule has 0 saturated heterocycles. The van der Waals surface area contributed by atoms with Crippen LogP contribution in [0.2, 0.25) is 0 Å². The van der Waals surface area contributed by atoms with Crippen LogP contribution in [0.4, 0.5) is 5.82 Å². The van der Waals surface area contributed by atoms with Crippen LogP contribution in [-0.4, -0.2) is 16.9 Å². The molecule has 0 amide bonds. The summed E-state index contributed by atoms with van der Waals surface area (Å²) < 4.78 is 7.29. The molecular formula is C15H19N3O. The maximum absolute atomic E-state index is 6.13. The van der Waals surface area contributed by atoms with Crippen LogP contribution in [0.3, 0.4) is 0 Å². The third kappa shape index (κ3) is 1.97. The van der Waals surface area contributed by atoms with Gasteiger partial charge in [0.15, 0.2) is 0 Å². The molecule has 0 spiro atoms. The van der Waals surface area contributed by atoms with Gasteiger partial charge in [-0.2, -0.15) is 5.10 Å². The van der Waals surface area contributed by atoms with Gasteiger partial charge in [-0.05, 0) is 49.4 Å². The lowest BCUT2D eigenvalue weighted by Gasteiger charge is -2.27. The van der Waals surface area contributed by atoms with Gasteiger partial charge in [0.05, 0.1) is 19.3 Å². The Labute approximate surface area is 113 Å². The number of nitrogens with two attached hydrogens (primary N) is 1. The fraction of sp³-hybridized carbons (Fsp3) is 0.400. The molecule has 1 aliphatic carbocycles. The Hall–Kier alpha value is -1.97. The maximum Gasteiger partial charge on any atom is 0.125 e. The van der Waals surface area contributed by atoms with Crippen LogP contribution in [0, 0.1) is 6.92 Å². The van der Waals surface area contributed by atoms with Gasteiger partial charge in [-0.15, -0.1) is 0 Å². The lowest BCUT2D eigenvalue weighted by molar-refractivity contribution is 0.408. The number of aryl methyl sites for hydroxylation is 2. The van der Waals surface area contributed by atoms with Crippen LogP contribution in [0.5, 0.6) is 5.75 Å². The van der Waals surface area contributed by atoms with Crippen LogP contribution in [0.15, 0.2) is 24.4 Å². The van der Waals surface area contributed by atoms with E-state index in [1.54, 1.807) is 7.11 Å². The second-order valence-corrected chi connectivity index (χ2v) is 5.13. The second kappa shape index (κ2) is 4.61. The van der Waals surface area contributed by atoms with E-state index in [9.17, 15) is 0 Å². The van der Waals surface area contributed by atoms with Crippen LogP contribution in [0.1, 0.15) is 35.6 Å². The number of hydrogen-bond donors (Lipinski definition) is 1. The minimum Gasteiger partial charge on any atom is -0.497 e. The first-order valence-electron chi connectivity index (χ1n) is 6.67. The van der Waals surface area contributed by atoms with Gasteiger partial charge in [-0.3, -0.25) is 0 Å². The maximum atomic E-state index is 6.13. The van der Waals surface area contributed by atoms with Gasteiger partial charge < -0.3 is 10.5 Å². The SMILES string of the molecule is COc1ccc2c(c1)C(n1ncc(C)c1N)CCC2. The quantitative estimate of drug-likeness (QED) is 0.900. The number of nitrogens with zero attached hydrogens (tertiary/aromatic N) is 2. The van der Waals surface area contributed by atoms with Crippen LogP contribution in [-0.2, 0) is 6.42 Å². The van der Waals surface area contributed by atoms with Gasteiger partial charge in [0, 0.05) is 5.56 Å². The number of nitrogen functional groups attached to an aromatic ring is 1. The zero-order valence-corrected chi connectivity index (χ0v) is 11.4. The van der Waals surface area contributed by atoms with E-state index >= 15 is 0 Å². The standard InChI is InChI=1S/C15H19N3O/c1-10-9-17-18(15(10)16)14-5-3-4-11-6-7-12(19-2)8-13(11)14/h6-9,14H,3-5,16H2,1-2H3. The summed E-state index contributed by atoms with van der Waals surface area (Å²) in [4.78, 5) is 0. The minimum absolute atomic E-state index is 0.229. The van der Waals surface area contributed by atoms with Gasteiger partial charge in [0.25, 0.3) is 0 Å². The first-order chi connectivity index (χ1) is 9.20. The van der Waals surface area contributed by atoms with Gasteiger partial charge in [0.1, 0.15) is 11.6 Å². The largest absolute Gasteiger partial charge is 0.497 e. The number of anilines is 1. The Balaban J connectivity index is 2.08. The van der Waals surface area contributed by atoms with E-state index in [-0.39, 0.29) is 6.04 Å². The summed E-state index contributed by atoms with van der Waals surface area (Å²) in [7, 11) is 1.70. The molecule has 1 heterocycles. The summed E-state index contributed by atoms with van der Waals surface area (Å²) in [5, 5.41) is 4.44. The number of methoxy groups -OCH3 is 1. The number of fused-ring (bicyclic) bond motifs is 1. The molecule has 1 unspecified atom stereocenters. The molecule has 19 heavy (non-hydrogen) atoms. The number of aromatic nitrogens is 2. The van der Waals surface area contributed by atoms with Crippen molar-refractivity contribution < 1.29 is 4.74 Å². The van der Waals surface area contributed by atoms with Crippen molar-refractivity contribution in [3.63, 3.8) is 0 Å². The van der Waals surface area contributed by atoms with E-state index in [4.69, 9.17) is 10.5 Å². The third-order valence-corrected chi connectivity index (χ3v) is 3.96. The molecule has 1 aliphatic rings. The van der Waals surface area contributed by atoms with E-state index in [1.807, 2.05) is 23.9 Å². The van der Waals surface area contributed by atoms with E-state index in [0.717, 1.165) is 30.0 Å². The van der Waals surface area contributed by atoms with Crippen molar-refractivity contribution in [1.82, 2.24) is 9.78 Å². The molecule has 0 fully saturated rings. The summed E-state index contributed by atoms with van der Waals surface area (Å²) in [5.41, 5.74) is 9.84. The van der Waals surface area contributed by atoms with Crippen LogP contribution < -0.4 is 10.5 Å². The van der Waals surface area contributed by atoms with E-state index in [1.165, 1.54) is 17.5 Å². The average Bonchev–Trinajstić information content (AvgIpc) is 2.78. The molecule has 4 heteroatoms. The Morgan fingerprint density at radius 3 is 2.95 bits per heavy atom. The molecule has 1 aromatic heterocycles. The number of rotatable bonds is 2. The molecule has 0 saturated carbocycles. The van der Waals surface area contributed by atoms with Gasteiger partial charge in [0.2, 0.25) is 0 Å². The smallest absolute Gasteiger partial charge is 0.125 e. The topological polar surface area (TPSA) is 53.1 Å². The molecule has 0 radical (unpaired) electrons. The molecule has 2 N–H and O–H groups in total. The highest BCUT2D eigenvalue weighted by molar-refractivity contribution is 5.43. The minimum atomic E-state index is 0.229. The van der Waals surface area contributed by atoms with E-state index in [0.29, 0.717) is 0 Å². The van der Waals surface area contributed by atoms with Crippen LogP contribution >= 0.6 is 0 Å². The summed E-state index contributed by atoms with van der Waals surface area (Å²) in [6.07, 6.45) is 5.20. The first kappa shape index (κ1) is 12.1. The Bertz CT molecular complexity index is 603. The van der Waals surface area contributed by atoms with Crippen molar-refractivity contribution in [3.05, 3.63) is 41.1 Å². The second-order valence-electron chi connectivity index (χ2n) is 5.13. The Kier molecular flexibility index (Phi) is 2.93. The molecule has 100 valence electrons. The van der Waals surface area contributed by atoms with Crippen molar-refractivity contribution >= 4 is 5.82 Å². The van der Waals surface area contributed by atoms with E-state index in [2.05, 4.69) is 17.2 Å². The molecule has 3 rings (SSSR count). The number of ether oxygens (including phenoxy) is 1. The summed E-state index contributed by atoms with van der Waals surface area (Å²) in [6, 6.07) is 6.54. The third-order valence-electron chi connectivity index (χ3n) is 3.96. The summed E-state index contributed by atoms with van der Waals surface area (Å²) >= 11 is 0.